The average Bonchev–Trinajstić information content (AvgIpc) is 2.69. The normalized spacial score (nSPS) is 25.7. The minimum absolute atomic E-state index is 0.185. The zero-order chi connectivity index (χ0) is 13.5. The van der Waals surface area contributed by atoms with Crippen molar-refractivity contribution in [2.45, 2.75) is 68.0 Å². The number of nitrogens with zero attached hydrogens (tertiary/aromatic N) is 3. The fourth-order valence-corrected chi connectivity index (χ4v) is 4.41. The molecule has 1 unspecified atom stereocenters. The molecule has 1 atom stereocenters. The number of nitrogen functional groups attached to an aromatic ring is 1. The third-order valence-corrected chi connectivity index (χ3v) is 5.42. The smallest absolute Gasteiger partial charge is 0.222 e. The third kappa shape index (κ3) is 2.48. The van der Waals surface area contributed by atoms with Gasteiger partial charge in [0.25, 0.3) is 0 Å². The first kappa shape index (κ1) is 13.2. The maximum Gasteiger partial charge on any atom is 0.222 e. The number of hydrogen-bond donors (Lipinski definition) is 1. The minimum atomic E-state index is 0.185. The molecule has 2 N–H and O–H groups in total. The van der Waals surface area contributed by atoms with Crippen molar-refractivity contribution < 1.29 is 4.74 Å². The van der Waals surface area contributed by atoms with Crippen LogP contribution in [0.1, 0.15) is 52.0 Å². The quantitative estimate of drug-likeness (QED) is 0.923. The van der Waals surface area contributed by atoms with Gasteiger partial charge >= 0.3 is 0 Å². The molecular weight excluding hydrogens is 260 g/mol. The highest BCUT2D eigenvalue weighted by atomic mass is 32.2. The van der Waals surface area contributed by atoms with Crippen molar-refractivity contribution in [1.82, 2.24) is 14.8 Å². The summed E-state index contributed by atoms with van der Waals surface area (Å²) in [6.07, 6.45) is 6.00. The topological polar surface area (TPSA) is 66.0 Å². The Bertz CT molecular complexity index is 455. The van der Waals surface area contributed by atoms with Crippen LogP contribution in [0.3, 0.4) is 0 Å². The van der Waals surface area contributed by atoms with Crippen molar-refractivity contribution in [1.29, 1.82) is 0 Å². The van der Waals surface area contributed by atoms with Gasteiger partial charge in [0.1, 0.15) is 0 Å². The van der Waals surface area contributed by atoms with Crippen LogP contribution in [0.15, 0.2) is 5.16 Å². The van der Waals surface area contributed by atoms with E-state index >= 15 is 0 Å². The van der Waals surface area contributed by atoms with Crippen molar-refractivity contribution in [3.63, 3.8) is 0 Å². The lowest BCUT2D eigenvalue weighted by Gasteiger charge is -2.46. The number of nitrogens with two attached hydrogens (primary N) is 1. The van der Waals surface area contributed by atoms with Gasteiger partial charge in [0.2, 0.25) is 5.95 Å². The van der Waals surface area contributed by atoms with Crippen LogP contribution in [-0.2, 0) is 4.74 Å². The van der Waals surface area contributed by atoms with Crippen LogP contribution in [0.5, 0.6) is 0 Å². The molecule has 3 rings (SSSR count). The van der Waals surface area contributed by atoms with Crippen molar-refractivity contribution in [3.05, 3.63) is 0 Å². The molecular formula is C13H22N4OS. The highest BCUT2D eigenvalue weighted by Crippen LogP contribution is 2.46. The second-order valence-corrected chi connectivity index (χ2v) is 7.19. The molecule has 1 aromatic rings. The largest absolute Gasteiger partial charge is 0.375 e. The minimum Gasteiger partial charge on any atom is -0.375 e. The van der Waals surface area contributed by atoms with Crippen LogP contribution < -0.4 is 5.73 Å². The zero-order valence-corrected chi connectivity index (χ0v) is 12.4. The maximum absolute atomic E-state index is 5.97. The van der Waals surface area contributed by atoms with Gasteiger partial charge in [0, 0.05) is 17.9 Å². The van der Waals surface area contributed by atoms with E-state index in [1.807, 2.05) is 16.3 Å². The molecule has 0 amide bonds. The predicted octanol–water partition coefficient (Wildman–Crippen LogP) is 2.64. The van der Waals surface area contributed by atoms with Crippen molar-refractivity contribution in [2.75, 3.05) is 12.3 Å². The number of ether oxygens (including phenoxy) is 1. The first-order valence-corrected chi connectivity index (χ1v) is 7.99. The van der Waals surface area contributed by atoms with Gasteiger partial charge in [-0.3, -0.25) is 4.57 Å². The lowest BCUT2D eigenvalue weighted by Crippen LogP contribution is -2.46. The summed E-state index contributed by atoms with van der Waals surface area (Å²) in [5.41, 5.74) is 6.07. The second kappa shape index (κ2) is 4.98. The summed E-state index contributed by atoms with van der Waals surface area (Å²) >= 11 is 1.82. The van der Waals surface area contributed by atoms with E-state index < -0.39 is 0 Å². The average molecular weight is 282 g/mol. The van der Waals surface area contributed by atoms with E-state index in [4.69, 9.17) is 10.5 Å². The van der Waals surface area contributed by atoms with Gasteiger partial charge < -0.3 is 10.5 Å². The molecule has 19 heavy (non-hydrogen) atoms. The molecule has 2 fully saturated rings. The summed E-state index contributed by atoms with van der Waals surface area (Å²) in [4.78, 5) is 0. The lowest BCUT2D eigenvalue weighted by atomic mass is 9.75. The molecule has 1 aliphatic carbocycles. The highest BCUT2D eigenvalue weighted by molar-refractivity contribution is 7.99. The molecule has 5 nitrogen and oxygen atoms in total. The van der Waals surface area contributed by atoms with Crippen LogP contribution >= 0.6 is 11.8 Å². The first-order valence-electron chi connectivity index (χ1n) is 7.11. The Morgan fingerprint density at radius 3 is 2.84 bits per heavy atom. The summed E-state index contributed by atoms with van der Waals surface area (Å²) in [6.45, 7) is 5.10. The Hall–Kier alpha value is -0.750. The van der Waals surface area contributed by atoms with Crippen LogP contribution in [-0.4, -0.2) is 32.2 Å². The van der Waals surface area contributed by atoms with E-state index in [1.165, 1.54) is 19.3 Å². The molecule has 1 aliphatic heterocycles. The van der Waals surface area contributed by atoms with Gasteiger partial charge in [0.05, 0.1) is 5.60 Å². The van der Waals surface area contributed by atoms with Gasteiger partial charge in [-0.15, -0.1) is 10.2 Å². The molecule has 6 heteroatoms. The lowest BCUT2D eigenvalue weighted by molar-refractivity contribution is -0.125. The van der Waals surface area contributed by atoms with E-state index in [2.05, 4.69) is 24.0 Å². The summed E-state index contributed by atoms with van der Waals surface area (Å²) in [5.74, 6) is 0.517. The van der Waals surface area contributed by atoms with Gasteiger partial charge in [0.15, 0.2) is 5.16 Å². The van der Waals surface area contributed by atoms with Crippen molar-refractivity contribution >= 4 is 17.7 Å². The Kier molecular flexibility index (Phi) is 3.47. The fraction of sp³-hybridized carbons (Fsp3) is 0.846. The molecule has 106 valence electrons. The standard InChI is InChI=1S/C13H22N4OS/c1-9(2)17-11(14)15-16-12(17)19-10-4-7-18-13(8-10)5-3-6-13/h9-10H,3-8H2,1-2H3,(H2,14,15). The molecule has 2 heterocycles. The van der Waals surface area contributed by atoms with Gasteiger partial charge in [-0.25, -0.2) is 0 Å². The molecule has 1 aromatic heterocycles. The third-order valence-electron chi connectivity index (χ3n) is 4.19. The fourth-order valence-electron chi connectivity index (χ4n) is 3.01. The Morgan fingerprint density at radius 1 is 1.42 bits per heavy atom. The first-order chi connectivity index (χ1) is 9.10. The molecule has 1 spiro atoms. The number of aromatic nitrogens is 3. The van der Waals surface area contributed by atoms with E-state index in [9.17, 15) is 0 Å². The second-order valence-electron chi connectivity index (χ2n) is 5.92. The SMILES string of the molecule is CC(C)n1c(N)nnc1SC1CCOC2(CCC2)C1. The number of rotatable bonds is 3. The summed E-state index contributed by atoms with van der Waals surface area (Å²) in [6, 6.07) is 0.301. The van der Waals surface area contributed by atoms with Crippen LogP contribution in [0.4, 0.5) is 5.95 Å². The number of anilines is 1. The monoisotopic (exact) mass is 282 g/mol. The van der Waals surface area contributed by atoms with E-state index in [0.717, 1.165) is 24.6 Å². The molecule has 0 radical (unpaired) electrons. The van der Waals surface area contributed by atoms with Crippen molar-refractivity contribution in [2.24, 2.45) is 0 Å². The van der Waals surface area contributed by atoms with Crippen LogP contribution in [0.2, 0.25) is 0 Å². The molecule has 0 aromatic carbocycles. The zero-order valence-electron chi connectivity index (χ0n) is 11.6. The van der Waals surface area contributed by atoms with E-state index in [1.54, 1.807) is 0 Å². The number of hydrogen-bond acceptors (Lipinski definition) is 5. The van der Waals surface area contributed by atoms with E-state index in [-0.39, 0.29) is 5.60 Å². The molecule has 1 saturated heterocycles. The van der Waals surface area contributed by atoms with Gasteiger partial charge in [-0.1, -0.05) is 11.8 Å². The summed E-state index contributed by atoms with van der Waals surface area (Å²) in [7, 11) is 0. The molecule has 2 aliphatic rings. The Morgan fingerprint density at radius 2 is 2.21 bits per heavy atom. The van der Waals surface area contributed by atoms with Crippen LogP contribution in [0, 0.1) is 0 Å². The summed E-state index contributed by atoms with van der Waals surface area (Å²) in [5, 5.41) is 9.78. The number of thioether (sulfide) groups is 1. The Labute approximate surface area is 118 Å². The predicted molar refractivity (Wildman–Crippen MR) is 76.2 cm³/mol. The molecule has 1 saturated carbocycles. The maximum atomic E-state index is 5.97. The van der Waals surface area contributed by atoms with E-state index in [0.29, 0.717) is 17.2 Å². The van der Waals surface area contributed by atoms with Gasteiger partial charge in [-0.2, -0.15) is 0 Å². The van der Waals surface area contributed by atoms with Gasteiger partial charge in [-0.05, 0) is 46.0 Å². The Balaban J connectivity index is 1.71. The van der Waals surface area contributed by atoms with Crippen LogP contribution in [0.25, 0.3) is 0 Å². The molecule has 0 bridgehead atoms. The summed E-state index contributed by atoms with van der Waals surface area (Å²) < 4.78 is 7.99. The van der Waals surface area contributed by atoms with Crippen molar-refractivity contribution in [3.8, 4) is 0 Å². The highest BCUT2D eigenvalue weighted by Gasteiger charge is 2.43.